The van der Waals surface area contributed by atoms with Crippen LogP contribution in [0.5, 0.6) is 0 Å². The van der Waals surface area contributed by atoms with Crippen molar-refractivity contribution in [2.24, 2.45) is 0 Å². The van der Waals surface area contributed by atoms with Crippen molar-refractivity contribution < 1.29 is 14.6 Å². The predicted octanol–water partition coefficient (Wildman–Crippen LogP) is 1.50. The first-order chi connectivity index (χ1) is 8.70. The molecule has 0 radical (unpaired) electrons. The molecule has 0 amide bonds. The topological polar surface area (TPSA) is 74.3 Å². The number of anilines is 1. The molecule has 1 atom stereocenters. The average molecular weight is 248 g/mol. The smallest absolute Gasteiger partial charge is 0.308 e. The lowest BCUT2D eigenvalue weighted by molar-refractivity contribution is -0.142. The van der Waals surface area contributed by atoms with Gasteiger partial charge >= 0.3 is 5.97 Å². The van der Waals surface area contributed by atoms with Gasteiger partial charge in [-0.1, -0.05) is 18.2 Å². The highest BCUT2D eigenvalue weighted by molar-refractivity contribution is 5.92. The number of aliphatic hydroxyl groups excluding tert-OH is 1. The van der Waals surface area contributed by atoms with Crippen molar-refractivity contribution in [1.29, 1.82) is 0 Å². The number of esters is 1. The number of aromatic nitrogens is 1. The molecule has 1 heterocycles. The maximum atomic E-state index is 11.0. The molecular weight excluding hydrogens is 232 g/mol. The molecule has 0 fully saturated rings. The number of fused-ring (bicyclic) bond motifs is 1. The predicted molar refractivity (Wildman–Crippen MR) is 69.4 cm³/mol. The van der Waals surface area contributed by atoms with Gasteiger partial charge in [0.25, 0.3) is 0 Å². The van der Waals surface area contributed by atoms with E-state index in [-0.39, 0.29) is 6.42 Å². The Balaban J connectivity index is 1.96. The van der Waals surface area contributed by atoms with Gasteiger partial charge in [-0.05, 0) is 6.07 Å². The lowest BCUT2D eigenvalue weighted by Gasteiger charge is -2.10. The van der Waals surface area contributed by atoms with Gasteiger partial charge in [-0.3, -0.25) is 4.79 Å². The van der Waals surface area contributed by atoms with Crippen molar-refractivity contribution >= 4 is 22.6 Å². The monoisotopic (exact) mass is 248 g/mol. The highest BCUT2D eigenvalue weighted by Gasteiger charge is 2.11. The SMILES string of the molecule is COC(=O)CC(O)CNc1c[nH]c2ccccc12. The van der Waals surface area contributed by atoms with E-state index in [4.69, 9.17) is 0 Å². The van der Waals surface area contributed by atoms with Crippen LogP contribution >= 0.6 is 0 Å². The van der Waals surface area contributed by atoms with Crippen LogP contribution in [0, 0.1) is 0 Å². The summed E-state index contributed by atoms with van der Waals surface area (Å²) >= 11 is 0. The van der Waals surface area contributed by atoms with Crippen molar-refractivity contribution in [3.05, 3.63) is 30.5 Å². The second-order valence-electron chi connectivity index (χ2n) is 4.06. The van der Waals surface area contributed by atoms with Crippen LogP contribution in [0.15, 0.2) is 30.5 Å². The van der Waals surface area contributed by atoms with Crippen LogP contribution in [-0.4, -0.2) is 35.8 Å². The van der Waals surface area contributed by atoms with Gasteiger partial charge in [-0.15, -0.1) is 0 Å². The quantitative estimate of drug-likeness (QED) is 0.701. The van der Waals surface area contributed by atoms with Crippen LogP contribution in [0.2, 0.25) is 0 Å². The van der Waals surface area contributed by atoms with Crippen molar-refractivity contribution in [1.82, 2.24) is 4.98 Å². The van der Waals surface area contributed by atoms with Gasteiger partial charge in [-0.2, -0.15) is 0 Å². The average Bonchev–Trinajstić information content (AvgIpc) is 2.79. The van der Waals surface area contributed by atoms with E-state index in [1.165, 1.54) is 7.11 Å². The summed E-state index contributed by atoms with van der Waals surface area (Å²) < 4.78 is 4.50. The number of aromatic amines is 1. The van der Waals surface area contributed by atoms with Gasteiger partial charge in [-0.25, -0.2) is 0 Å². The maximum absolute atomic E-state index is 11.0. The Hall–Kier alpha value is -2.01. The second kappa shape index (κ2) is 5.55. The molecule has 5 nitrogen and oxygen atoms in total. The number of para-hydroxylation sites is 1. The standard InChI is InChI=1S/C13H16N2O3/c1-18-13(17)6-9(16)7-14-12-8-15-11-5-3-2-4-10(11)12/h2-5,8-9,14-16H,6-7H2,1H3. The number of benzene rings is 1. The lowest BCUT2D eigenvalue weighted by atomic mass is 10.2. The van der Waals surface area contributed by atoms with Crippen LogP contribution in [0.4, 0.5) is 5.69 Å². The number of ether oxygens (including phenoxy) is 1. The van der Waals surface area contributed by atoms with Gasteiger partial charge in [0.05, 0.1) is 25.3 Å². The molecule has 0 aliphatic carbocycles. The third-order valence-electron chi connectivity index (χ3n) is 2.75. The Morgan fingerprint density at radius 3 is 3.06 bits per heavy atom. The van der Waals surface area contributed by atoms with E-state index in [0.717, 1.165) is 16.6 Å². The van der Waals surface area contributed by atoms with Gasteiger partial charge < -0.3 is 20.1 Å². The molecule has 2 rings (SSSR count). The molecule has 96 valence electrons. The Morgan fingerprint density at radius 2 is 2.28 bits per heavy atom. The van der Waals surface area contributed by atoms with Crippen LogP contribution in [0.1, 0.15) is 6.42 Å². The minimum atomic E-state index is -0.758. The number of rotatable bonds is 5. The molecule has 0 aliphatic rings. The summed E-state index contributed by atoms with van der Waals surface area (Å²) in [7, 11) is 1.31. The van der Waals surface area contributed by atoms with Gasteiger partial charge in [0.1, 0.15) is 0 Å². The van der Waals surface area contributed by atoms with Crippen LogP contribution in [0.25, 0.3) is 10.9 Å². The Kier molecular flexibility index (Phi) is 3.84. The number of carbonyl (C=O) groups is 1. The molecule has 0 saturated carbocycles. The third-order valence-corrected chi connectivity index (χ3v) is 2.75. The van der Waals surface area contributed by atoms with Gasteiger partial charge in [0, 0.05) is 23.6 Å². The summed E-state index contributed by atoms with van der Waals surface area (Å²) in [4.78, 5) is 14.1. The zero-order valence-corrected chi connectivity index (χ0v) is 10.1. The summed E-state index contributed by atoms with van der Waals surface area (Å²) in [6.07, 6.45) is 1.08. The van der Waals surface area contributed by atoms with Crippen molar-refractivity contribution in [2.75, 3.05) is 19.0 Å². The largest absolute Gasteiger partial charge is 0.469 e. The van der Waals surface area contributed by atoms with Crippen molar-refractivity contribution in [2.45, 2.75) is 12.5 Å². The summed E-state index contributed by atoms with van der Waals surface area (Å²) in [5.74, 6) is -0.414. The molecule has 0 aliphatic heterocycles. The molecule has 3 N–H and O–H groups in total. The fourth-order valence-electron chi connectivity index (χ4n) is 1.79. The number of methoxy groups -OCH3 is 1. The number of aliphatic hydroxyl groups is 1. The maximum Gasteiger partial charge on any atom is 0.308 e. The molecular formula is C13H16N2O3. The third kappa shape index (κ3) is 2.81. The second-order valence-corrected chi connectivity index (χ2v) is 4.06. The van der Waals surface area contributed by atoms with E-state index >= 15 is 0 Å². The van der Waals surface area contributed by atoms with Crippen LogP contribution in [0.3, 0.4) is 0 Å². The number of H-pyrrole nitrogens is 1. The number of carbonyl (C=O) groups excluding carboxylic acids is 1. The first-order valence-electron chi connectivity index (χ1n) is 5.75. The van der Waals surface area contributed by atoms with Crippen LogP contribution < -0.4 is 5.32 Å². The van der Waals surface area contributed by atoms with Gasteiger partial charge in [0.2, 0.25) is 0 Å². The Labute approximate surface area is 105 Å². The highest BCUT2D eigenvalue weighted by Crippen LogP contribution is 2.22. The molecule has 0 spiro atoms. The summed E-state index contributed by atoms with van der Waals surface area (Å²) in [6.45, 7) is 0.303. The van der Waals surface area contributed by atoms with E-state index in [0.29, 0.717) is 6.54 Å². The molecule has 0 saturated heterocycles. The Morgan fingerprint density at radius 1 is 1.50 bits per heavy atom. The van der Waals surface area contributed by atoms with E-state index in [1.54, 1.807) is 0 Å². The van der Waals surface area contributed by atoms with E-state index < -0.39 is 12.1 Å². The van der Waals surface area contributed by atoms with E-state index in [9.17, 15) is 9.90 Å². The first-order valence-corrected chi connectivity index (χ1v) is 5.75. The summed E-state index contributed by atoms with van der Waals surface area (Å²) in [5.41, 5.74) is 1.94. The van der Waals surface area contributed by atoms with E-state index in [2.05, 4.69) is 15.0 Å². The van der Waals surface area contributed by atoms with Crippen molar-refractivity contribution in [3.8, 4) is 0 Å². The highest BCUT2D eigenvalue weighted by atomic mass is 16.5. The molecule has 0 bridgehead atoms. The fraction of sp³-hybridized carbons (Fsp3) is 0.308. The Bertz CT molecular complexity index is 536. The fourth-order valence-corrected chi connectivity index (χ4v) is 1.79. The number of nitrogens with one attached hydrogen (secondary N) is 2. The minimum Gasteiger partial charge on any atom is -0.469 e. The number of hydrogen-bond donors (Lipinski definition) is 3. The molecule has 5 heteroatoms. The zero-order valence-electron chi connectivity index (χ0n) is 10.1. The normalized spacial score (nSPS) is 12.3. The summed E-state index contributed by atoms with van der Waals surface area (Å²) in [5, 5.41) is 13.8. The van der Waals surface area contributed by atoms with Gasteiger partial charge in [0.15, 0.2) is 0 Å². The first kappa shape index (κ1) is 12.4. The lowest BCUT2D eigenvalue weighted by Crippen LogP contribution is -2.23. The zero-order chi connectivity index (χ0) is 13.0. The minimum absolute atomic E-state index is 0.00808. The molecule has 1 aromatic carbocycles. The van der Waals surface area contributed by atoms with Crippen molar-refractivity contribution in [3.63, 3.8) is 0 Å². The molecule has 18 heavy (non-hydrogen) atoms. The van der Waals surface area contributed by atoms with Crippen LogP contribution in [-0.2, 0) is 9.53 Å². The summed E-state index contributed by atoms with van der Waals surface area (Å²) in [6, 6.07) is 7.87. The molecule has 2 aromatic rings. The van der Waals surface area contributed by atoms with E-state index in [1.807, 2.05) is 30.5 Å². The molecule has 1 aromatic heterocycles. The number of hydrogen-bond acceptors (Lipinski definition) is 4. The molecule has 1 unspecified atom stereocenters.